The van der Waals surface area contributed by atoms with E-state index in [0.29, 0.717) is 73.6 Å². The van der Waals surface area contributed by atoms with Crippen molar-refractivity contribution in [1.82, 2.24) is 0 Å². The number of carbonyl (C=O) groups excluding carboxylic acids is 12. The molecule has 0 aliphatic heterocycles. The van der Waals surface area contributed by atoms with Crippen LogP contribution < -0.4 is 20.3 Å². The second kappa shape index (κ2) is 52.4. The quantitative estimate of drug-likeness (QED) is 0.00606. The van der Waals surface area contributed by atoms with Crippen LogP contribution in [0.1, 0.15) is 153 Å². The molecule has 0 unspecified atom stereocenters. The number of esters is 4. The Balaban J connectivity index is 1.47. The van der Waals surface area contributed by atoms with Crippen LogP contribution in [0.3, 0.4) is 0 Å². The van der Waals surface area contributed by atoms with Crippen molar-refractivity contribution < 1.29 is 135 Å². The van der Waals surface area contributed by atoms with Crippen molar-refractivity contribution in [3.8, 4) is 0 Å². The Morgan fingerprint density at radius 1 is 0.283 bits per heavy atom. The molecule has 4 aromatic carbocycles. The molecular weight excluding hydrogens is 1480 g/mol. The van der Waals surface area contributed by atoms with Crippen LogP contribution in [0.2, 0.25) is 0 Å². The number of amides is 4. The Kier molecular flexibility index (Phi) is 43.8. The molecule has 4 N–H and O–H groups in total. The van der Waals surface area contributed by atoms with Crippen LogP contribution in [0, 0.1) is 5.41 Å². The molecule has 113 heavy (non-hydrogen) atoms. The maximum atomic E-state index is 15.0. The highest BCUT2D eigenvalue weighted by molar-refractivity contribution is 6.38. The number of hydrogen-bond acceptors (Lipinski definition) is 28. The maximum absolute atomic E-state index is 15.0. The normalized spacial score (nSPS) is 10.9. The van der Waals surface area contributed by atoms with Crippen LogP contribution in [0.5, 0.6) is 0 Å². The van der Waals surface area contributed by atoms with E-state index in [4.69, 9.17) is 56.8 Å². The van der Waals surface area contributed by atoms with Gasteiger partial charge in [-0.25, -0.2) is 38.4 Å². The van der Waals surface area contributed by atoms with E-state index < -0.39 is 76.8 Å². The van der Waals surface area contributed by atoms with Gasteiger partial charge in [0.05, 0.1) is 49.2 Å². The number of unbranched alkanes of at least 4 members (excludes halogenated alkanes) is 8. The van der Waals surface area contributed by atoms with E-state index in [1.807, 2.05) is 0 Å². The van der Waals surface area contributed by atoms with Gasteiger partial charge in [-0.15, -0.1) is 0 Å². The average molecular weight is 1580 g/mol. The summed E-state index contributed by atoms with van der Waals surface area (Å²) in [6, 6.07) is 24.9. The SMILES string of the molecule is C=C(C)C(=O)OCCOC(=O)N(O)c1cccc(COCCCCCC(=O)C(C(=O)CCCCCOCc2cccc(N(O)C(=O)OCCOC(=O)C(=C)C)c2)(C(=O)CCCCCOCc2cccc(N(O)C(=O)OCCOC(=O)C(=C)C)c2)C(=O)CCCCCOCc2cccc(N(O)C(=O)OCCOC(=O)C(=C)C)c2)c1. The Morgan fingerprint density at radius 2 is 0.478 bits per heavy atom. The Bertz CT molecular complexity index is 3380. The molecule has 0 heterocycles. The first-order valence-corrected chi connectivity index (χ1v) is 36.8. The van der Waals surface area contributed by atoms with Gasteiger partial charge in [0, 0.05) is 74.4 Å². The third-order valence-electron chi connectivity index (χ3n) is 16.4. The fraction of sp³-hybridized carbons (Fsp3) is 0.457. The number of carbonyl (C=O) groups is 12. The third-order valence-corrected chi connectivity index (χ3v) is 16.4. The Morgan fingerprint density at radius 3 is 0.673 bits per heavy atom. The summed E-state index contributed by atoms with van der Waals surface area (Å²) < 4.78 is 63.2. The minimum absolute atomic E-state index is 0.0466. The van der Waals surface area contributed by atoms with Crippen molar-refractivity contribution in [3.05, 3.63) is 168 Å². The van der Waals surface area contributed by atoms with Gasteiger partial charge in [-0.05, 0) is 150 Å². The molecule has 0 fully saturated rings. The van der Waals surface area contributed by atoms with Crippen molar-refractivity contribution in [1.29, 1.82) is 0 Å². The van der Waals surface area contributed by atoms with E-state index in [1.165, 1.54) is 76.2 Å². The smallest absolute Gasteiger partial charge is 0.438 e. The topological polar surface area (TPSA) is 409 Å². The van der Waals surface area contributed by atoms with E-state index in [2.05, 4.69) is 26.3 Å². The van der Waals surface area contributed by atoms with Gasteiger partial charge >= 0.3 is 48.3 Å². The summed E-state index contributed by atoms with van der Waals surface area (Å²) >= 11 is 0. The molecular formula is C81H104N4O28. The zero-order valence-electron chi connectivity index (χ0n) is 64.6. The lowest BCUT2D eigenvalue weighted by Crippen LogP contribution is -2.52. The van der Waals surface area contributed by atoms with Crippen molar-refractivity contribution in [2.24, 2.45) is 5.41 Å². The van der Waals surface area contributed by atoms with Crippen LogP contribution in [0.25, 0.3) is 0 Å². The van der Waals surface area contributed by atoms with Crippen LogP contribution in [-0.4, -0.2) is 171 Å². The number of Topliss-reactive ketones (excluding diaryl/α,β-unsaturated/α-hetero) is 4. The van der Waals surface area contributed by atoms with Crippen LogP contribution in [0.15, 0.2) is 146 Å². The van der Waals surface area contributed by atoms with Crippen LogP contribution in [0.4, 0.5) is 41.9 Å². The van der Waals surface area contributed by atoms with Gasteiger partial charge in [0.25, 0.3) is 0 Å². The second-order valence-corrected chi connectivity index (χ2v) is 25.9. The summed E-state index contributed by atoms with van der Waals surface area (Å²) in [5.74, 6) is -5.98. The van der Waals surface area contributed by atoms with E-state index >= 15 is 19.2 Å². The number of ether oxygens (including phenoxy) is 12. The summed E-state index contributed by atoms with van der Waals surface area (Å²) in [7, 11) is 0. The van der Waals surface area contributed by atoms with Crippen molar-refractivity contribution in [2.45, 2.75) is 157 Å². The van der Waals surface area contributed by atoms with Gasteiger partial charge in [-0.1, -0.05) is 101 Å². The molecule has 0 saturated heterocycles. The molecule has 32 nitrogen and oxygen atoms in total. The number of hydrogen-bond donors (Lipinski definition) is 4. The van der Waals surface area contributed by atoms with E-state index in [1.54, 1.807) is 48.5 Å². The fourth-order valence-corrected chi connectivity index (χ4v) is 10.4. The summed E-state index contributed by atoms with van der Waals surface area (Å²) in [4.78, 5) is 157. The van der Waals surface area contributed by atoms with Crippen LogP contribution >= 0.6 is 0 Å². The van der Waals surface area contributed by atoms with Crippen LogP contribution in [-0.2, 0) is 122 Å². The van der Waals surface area contributed by atoms with Gasteiger partial charge in [-0.3, -0.25) is 40.0 Å². The fourth-order valence-electron chi connectivity index (χ4n) is 10.4. The lowest BCUT2D eigenvalue weighted by molar-refractivity contribution is -0.156. The lowest BCUT2D eigenvalue weighted by atomic mass is 9.67. The average Bonchev–Trinajstić information content (AvgIpc) is 0.766. The maximum Gasteiger partial charge on any atom is 0.438 e. The lowest BCUT2D eigenvalue weighted by Gasteiger charge is -2.29. The molecule has 4 rings (SSSR count). The zero-order chi connectivity index (χ0) is 83.1. The molecule has 0 saturated carbocycles. The minimum atomic E-state index is -2.64. The zero-order valence-corrected chi connectivity index (χ0v) is 64.6. The Labute approximate surface area is 656 Å². The number of rotatable bonds is 56. The number of hydroxylamine groups is 4. The molecule has 32 heteroatoms. The number of anilines is 4. The van der Waals surface area contributed by atoms with Crippen molar-refractivity contribution >= 4 is 94.1 Å². The number of ketones is 4. The van der Waals surface area contributed by atoms with E-state index in [0.717, 1.165) is 0 Å². The summed E-state index contributed by atoms with van der Waals surface area (Å²) in [6.45, 7) is 18.3. The predicted octanol–water partition coefficient (Wildman–Crippen LogP) is 13.2. The first-order chi connectivity index (χ1) is 54.1. The van der Waals surface area contributed by atoms with Gasteiger partial charge in [0.15, 0.2) is 23.1 Å². The highest BCUT2D eigenvalue weighted by Gasteiger charge is 2.55. The molecule has 0 aliphatic carbocycles. The van der Waals surface area contributed by atoms with E-state index in [-0.39, 0.29) is 222 Å². The molecule has 4 amide bonds. The first kappa shape index (κ1) is 94.5. The molecule has 0 radical (unpaired) electrons. The number of nitrogens with zero attached hydrogens (tertiary/aromatic N) is 4. The summed E-state index contributed by atoms with van der Waals surface area (Å²) in [5, 5.41) is 43.3. The molecule has 616 valence electrons. The van der Waals surface area contributed by atoms with Crippen molar-refractivity contribution in [2.75, 3.05) is 99.5 Å². The summed E-state index contributed by atoms with van der Waals surface area (Å²) in [5.41, 5.74) is 0.544. The van der Waals surface area contributed by atoms with E-state index in [9.17, 15) is 59.2 Å². The summed E-state index contributed by atoms with van der Waals surface area (Å²) in [6.07, 6.45) is -1.95. The molecule has 0 aliphatic rings. The standard InChI is InChI=1S/C81H104N4O28/c1-57(2)73(90)106-41-45-110-77(94)82(98)65-29-21-25-61(49-65)53-102-37-17-9-13-33-69(86)81(70(87)34-14-10-18-38-103-54-62-26-22-30-66(50-62)83(99)78(95)111-46-42-107-74(91)58(3)4,71(88)35-15-11-19-39-104-55-63-27-23-31-67(51-63)84(100)79(96)112-47-43-108-75(92)59(5)6)72(89)36-16-12-20-40-105-56-64-28-24-32-68(52-64)85(101)80(97)113-48-44-109-76(93)60(7)8/h21-32,49-52,98-101H,1,3,5,7,9-20,33-48,53-56H2,2,4,6,8H3. The largest absolute Gasteiger partial charge is 0.459 e. The molecule has 0 atom stereocenters. The Hall–Kier alpha value is -10.8. The highest BCUT2D eigenvalue weighted by Crippen LogP contribution is 2.34. The molecule has 0 bridgehead atoms. The van der Waals surface area contributed by atoms with Gasteiger partial charge in [0.2, 0.25) is 5.41 Å². The van der Waals surface area contributed by atoms with Gasteiger partial charge < -0.3 is 56.8 Å². The highest BCUT2D eigenvalue weighted by atomic mass is 16.7. The third kappa shape index (κ3) is 34.8. The van der Waals surface area contributed by atoms with Crippen molar-refractivity contribution in [3.63, 3.8) is 0 Å². The first-order valence-electron chi connectivity index (χ1n) is 36.8. The second-order valence-electron chi connectivity index (χ2n) is 25.9. The molecule has 0 aromatic heterocycles. The minimum Gasteiger partial charge on any atom is -0.459 e. The number of benzene rings is 4. The predicted molar refractivity (Wildman–Crippen MR) is 406 cm³/mol. The van der Waals surface area contributed by atoms with Gasteiger partial charge in [0.1, 0.15) is 52.9 Å². The van der Waals surface area contributed by atoms with Gasteiger partial charge in [-0.2, -0.15) is 20.3 Å². The monoisotopic (exact) mass is 1580 g/mol. The molecule has 4 aromatic rings. The molecule has 0 spiro atoms.